The zero-order valence-electron chi connectivity index (χ0n) is 9.06. The molecule has 1 unspecified atom stereocenters. The van der Waals surface area contributed by atoms with Gasteiger partial charge in [0.25, 0.3) is 0 Å². The maximum absolute atomic E-state index is 12.2. The fourth-order valence-corrected chi connectivity index (χ4v) is 3.61. The van der Waals surface area contributed by atoms with Crippen LogP contribution in [0, 0.1) is 6.92 Å². The topological polar surface area (TPSA) is 37.4 Å². The molecule has 1 aliphatic heterocycles. The Morgan fingerprint density at radius 2 is 1.94 bits per heavy atom. The van der Waals surface area contributed by atoms with Crippen molar-refractivity contribution in [2.45, 2.75) is 23.6 Å². The van der Waals surface area contributed by atoms with Crippen molar-refractivity contribution in [3.63, 3.8) is 0 Å². The number of alkyl halides is 1. The molecule has 1 aromatic carbocycles. The summed E-state index contributed by atoms with van der Waals surface area (Å²) >= 11 is 5.92. The first-order valence-electron chi connectivity index (χ1n) is 5.21. The highest BCUT2D eigenvalue weighted by atomic mass is 35.5. The van der Waals surface area contributed by atoms with Crippen LogP contribution < -0.4 is 0 Å². The number of halogens is 1. The summed E-state index contributed by atoms with van der Waals surface area (Å²) in [5.41, 5.74) is 1.05. The van der Waals surface area contributed by atoms with Crippen LogP contribution in [0.15, 0.2) is 29.2 Å². The summed E-state index contributed by atoms with van der Waals surface area (Å²) in [5, 5.41) is -0.0553. The van der Waals surface area contributed by atoms with Crippen LogP contribution in [0.4, 0.5) is 0 Å². The monoisotopic (exact) mass is 259 g/mol. The van der Waals surface area contributed by atoms with Crippen LogP contribution in [0.3, 0.4) is 0 Å². The predicted molar refractivity (Wildman–Crippen MR) is 64.2 cm³/mol. The van der Waals surface area contributed by atoms with E-state index in [2.05, 4.69) is 0 Å². The number of aryl methyl sites for hydroxylation is 1. The van der Waals surface area contributed by atoms with Crippen LogP contribution in [0.2, 0.25) is 0 Å². The van der Waals surface area contributed by atoms with Crippen LogP contribution in [-0.2, 0) is 10.0 Å². The predicted octanol–water partition coefficient (Wildman–Crippen LogP) is 2.00. The molecule has 3 nitrogen and oxygen atoms in total. The first-order valence-corrected chi connectivity index (χ1v) is 7.09. The molecule has 5 heteroatoms. The van der Waals surface area contributed by atoms with Crippen molar-refractivity contribution < 1.29 is 8.42 Å². The van der Waals surface area contributed by atoms with E-state index < -0.39 is 10.0 Å². The van der Waals surface area contributed by atoms with Gasteiger partial charge in [-0.05, 0) is 25.5 Å². The van der Waals surface area contributed by atoms with Gasteiger partial charge in [0.15, 0.2) is 0 Å². The Balaban J connectivity index is 2.29. The van der Waals surface area contributed by atoms with Gasteiger partial charge < -0.3 is 0 Å². The Kier molecular flexibility index (Phi) is 3.24. The molecule has 0 spiro atoms. The van der Waals surface area contributed by atoms with Gasteiger partial charge in [-0.3, -0.25) is 0 Å². The molecule has 2 rings (SSSR count). The molecule has 1 aliphatic rings. The van der Waals surface area contributed by atoms with Crippen molar-refractivity contribution in [1.29, 1.82) is 0 Å². The molecule has 0 N–H and O–H groups in total. The average molecular weight is 260 g/mol. The molecule has 1 aromatic rings. The third-order valence-corrected chi connectivity index (χ3v) is 4.99. The van der Waals surface area contributed by atoms with Crippen LogP contribution in [0.25, 0.3) is 0 Å². The van der Waals surface area contributed by atoms with Crippen LogP contribution in [-0.4, -0.2) is 31.2 Å². The molecule has 0 saturated carbocycles. The molecule has 1 fully saturated rings. The second-order valence-corrected chi connectivity index (χ2v) is 6.62. The number of hydrogen-bond acceptors (Lipinski definition) is 2. The van der Waals surface area contributed by atoms with Crippen LogP contribution >= 0.6 is 11.6 Å². The minimum absolute atomic E-state index is 0.0553. The molecule has 0 radical (unpaired) electrons. The van der Waals surface area contributed by atoms with Gasteiger partial charge in [0.05, 0.1) is 4.90 Å². The molecule has 0 aromatic heterocycles. The van der Waals surface area contributed by atoms with Crippen LogP contribution in [0.1, 0.15) is 12.0 Å². The van der Waals surface area contributed by atoms with E-state index in [-0.39, 0.29) is 5.38 Å². The Bertz CT molecular complexity index is 469. The summed E-state index contributed by atoms with van der Waals surface area (Å²) < 4.78 is 25.8. The lowest BCUT2D eigenvalue weighted by Crippen LogP contribution is -2.28. The second kappa shape index (κ2) is 4.35. The molecule has 16 heavy (non-hydrogen) atoms. The Labute approximate surface area is 101 Å². The summed E-state index contributed by atoms with van der Waals surface area (Å²) in [6.07, 6.45) is 0.729. The summed E-state index contributed by atoms with van der Waals surface area (Å²) in [6, 6.07) is 6.90. The van der Waals surface area contributed by atoms with Gasteiger partial charge in [-0.1, -0.05) is 17.7 Å². The summed E-state index contributed by atoms with van der Waals surface area (Å²) in [4.78, 5) is 0.351. The zero-order valence-corrected chi connectivity index (χ0v) is 10.6. The summed E-state index contributed by atoms with van der Waals surface area (Å²) in [6.45, 7) is 2.86. The standard InChI is InChI=1S/C11H14ClNO2S/c1-9-2-4-11(5-3-9)16(14,15)13-7-6-10(12)8-13/h2-5,10H,6-8H2,1H3. The van der Waals surface area contributed by atoms with E-state index in [1.54, 1.807) is 24.3 Å². The first-order chi connectivity index (χ1) is 7.50. The number of hydrogen-bond donors (Lipinski definition) is 0. The highest BCUT2D eigenvalue weighted by molar-refractivity contribution is 7.89. The smallest absolute Gasteiger partial charge is 0.207 e. The van der Waals surface area contributed by atoms with Crippen molar-refractivity contribution in [2.75, 3.05) is 13.1 Å². The van der Waals surface area contributed by atoms with Crippen molar-refractivity contribution in [2.24, 2.45) is 0 Å². The maximum Gasteiger partial charge on any atom is 0.243 e. The van der Waals surface area contributed by atoms with Gasteiger partial charge in [0, 0.05) is 18.5 Å². The lowest BCUT2D eigenvalue weighted by atomic mass is 10.2. The maximum atomic E-state index is 12.2. The largest absolute Gasteiger partial charge is 0.243 e. The van der Waals surface area contributed by atoms with Gasteiger partial charge in [0.2, 0.25) is 10.0 Å². The van der Waals surface area contributed by atoms with Crippen molar-refractivity contribution in [3.8, 4) is 0 Å². The van der Waals surface area contributed by atoms with Gasteiger partial charge in [-0.2, -0.15) is 4.31 Å². The number of rotatable bonds is 2. The quantitative estimate of drug-likeness (QED) is 0.762. The molecular weight excluding hydrogens is 246 g/mol. The minimum atomic E-state index is -3.34. The van der Waals surface area contributed by atoms with Gasteiger partial charge in [-0.15, -0.1) is 11.6 Å². The van der Waals surface area contributed by atoms with Gasteiger partial charge >= 0.3 is 0 Å². The van der Waals surface area contributed by atoms with E-state index in [1.165, 1.54) is 4.31 Å². The Morgan fingerprint density at radius 1 is 1.31 bits per heavy atom. The fraction of sp³-hybridized carbons (Fsp3) is 0.455. The highest BCUT2D eigenvalue weighted by Gasteiger charge is 2.31. The SMILES string of the molecule is Cc1ccc(S(=O)(=O)N2CCC(Cl)C2)cc1. The molecule has 0 aliphatic carbocycles. The van der Waals surface area contributed by atoms with E-state index >= 15 is 0 Å². The fourth-order valence-electron chi connectivity index (χ4n) is 1.77. The number of sulfonamides is 1. The molecular formula is C11H14ClNO2S. The lowest BCUT2D eigenvalue weighted by Gasteiger charge is -2.15. The molecule has 0 amide bonds. The third kappa shape index (κ3) is 2.24. The molecule has 1 heterocycles. The van der Waals surface area contributed by atoms with Crippen molar-refractivity contribution in [1.82, 2.24) is 4.31 Å². The normalized spacial score (nSPS) is 22.5. The van der Waals surface area contributed by atoms with Gasteiger partial charge in [-0.25, -0.2) is 8.42 Å². The molecule has 1 saturated heterocycles. The summed E-state index contributed by atoms with van der Waals surface area (Å²) in [7, 11) is -3.34. The highest BCUT2D eigenvalue weighted by Crippen LogP contribution is 2.23. The van der Waals surface area contributed by atoms with Crippen LogP contribution in [0.5, 0.6) is 0 Å². The van der Waals surface area contributed by atoms with E-state index in [0.717, 1.165) is 12.0 Å². The molecule has 1 atom stereocenters. The number of nitrogens with zero attached hydrogens (tertiary/aromatic N) is 1. The van der Waals surface area contributed by atoms with E-state index in [1.807, 2.05) is 6.92 Å². The van der Waals surface area contributed by atoms with E-state index in [4.69, 9.17) is 11.6 Å². The van der Waals surface area contributed by atoms with Gasteiger partial charge in [0.1, 0.15) is 0 Å². The Hall–Kier alpha value is -0.580. The lowest BCUT2D eigenvalue weighted by molar-refractivity contribution is 0.478. The van der Waals surface area contributed by atoms with E-state index in [0.29, 0.717) is 18.0 Å². The Morgan fingerprint density at radius 3 is 2.44 bits per heavy atom. The molecule has 0 bridgehead atoms. The number of benzene rings is 1. The van der Waals surface area contributed by atoms with E-state index in [9.17, 15) is 8.42 Å². The minimum Gasteiger partial charge on any atom is -0.207 e. The molecule has 88 valence electrons. The summed E-state index contributed by atoms with van der Waals surface area (Å²) in [5.74, 6) is 0. The van der Waals surface area contributed by atoms with Crippen molar-refractivity contribution >= 4 is 21.6 Å². The first kappa shape index (κ1) is 11.9. The van der Waals surface area contributed by atoms with Crippen molar-refractivity contribution in [3.05, 3.63) is 29.8 Å². The third-order valence-electron chi connectivity index (χ3n) is 2.75. The zero-order chi connectivity index (χ0) is 11.8. The second-order valence-electron chi connectivity index (χ2n) is 4.06. The average Bonchev–Trinajstić information content (AvgIpc) is 2.66.